The third-order valence-corrected chi connectivity index (χ3v) is 3.92. The minimum Gasteiger partial charge on any atom is -0.496 e. The van der Waals surface area contributed by atoms with Crippen molar-refractivity contribution in [3.05, 3.63) is 64.7 Å². The van der Waals surface area contributed by atoms with E-state index in [0.717, 1.165) is 11.1 Å². The fraction of sp³-hybridized carbons (Fsp3) is 0.278. The van der Waals surface area contributed by atoms with Gasteiger partial charge in [0.15, 0.2) is 0 Å². The summed E-state index contributed by atoms with van der Waals surface area (Å²) in [6.45, 7) is 0.618. The quantitative estimate of drug-likeness (QED) is 0.819. The maximum atomic E-state index is 12.2. The van der Waals surface area contributed by atoms with Crippen molar-refractivity contribution < 1.29 is 9.53 Å². The van der Waals surface area contributed by atoms with Crippen LogP contribution in [0.2, 0.25) is 5.02 Å². The second kappa shape index (κ2) is 8.56. The van der Waals surface area contributed by atoms with Crippen molar-refractivity contribution in [1.82, 2.24) is 10.6 Å². The number of amides is 1. The molecule has 23 heavy (non-hydrogen) atoms. The van der Waals surface area contributed by atoms with E-state index in [4.69, 9.17) is 16.3 Å². The predicted molar refractivity (Wildman–Crippen MR) is 93.0 cm³/mol. The normalized spacial score (nSPS) is 11.8. The van der Waals surface area contributed by atoms with E-state index in [1.165, 1.54) is 0 Å². The van der Waals surface area contributed by atoms with Gasteiger partial charge in [-0.2, -0.15) is 0 Å². The highest BCUT2D eigenvalue weighted by Crippen LogP contribution is 2.33. The number of hydrogen-bond acceptors (Lipinski definition) is 3. The summed E-state index contributed by atoms with van der Waals surface area (Å²) in [5, 5.41) is 6.64. The number of ether oxygens (including phenoxy) is 1. The number of halogens is 1. The van der Waals surface area contributed by atoms with E-state index >= 15 is 0 Å². The maximum absolute atomic E-state index is 12.2. The van der Waals surface area contributed by atoms with Crippen LogP contribution < -0.4 is 15.4 Å². The lowest BCUT2D eigenvalue weighted by Gasteiger charge is -2.23. The molecule has 1 atom stereocenters. The lowest BCUT2D eigenvalue weighted by molar-refractivity contribution is -0.121. The van der Waals surface area contributed by atoms with Crippen LogP contribution in [0.15, 0.2) is 48.5 Å². The molecule has 0 bridgehead atoms. The van der Waals surface area contributed by atoms with Crippen molar-refractivity contribution in [1.29, 1.82) is 0 Å². The van der Waals surface area contributed by atoms with Crippen LogP contribution in [0.25, 0.3) is 0 Å². The number of hydrogen-bond donors (Lipinski definition) is 2. The molecule has 0 heterocycles. The number of carbonyl (C=O) groups excluding carboxylic acids is 1. The van der Waals surface area contributed by atoms with Gasteiger partial charge in [0.1, 0.15) is 5.75 Å². The molecular weight excluding hydrogens is 312 g/mol. The van der Waals surface area contributed by atoms with E-state index in [9.17, 15) is 4.79 Å². The molecule has 4 nitrogen and oxygen atoms in total. The van der Waals surface area contributed by atoms with Crippen molar-refractivity contribution in [2.45, 2.75) is 12.5 Å². The van der Waals surface area contributed by atoms with Crippen LogP contribution in [0.1, 0.15) is 23.6 Å². The predicted octanol–water partition coefficient (Wildman–Crippen LogP) is 3.16. The molecule has 0 saturated carbocycles. The molecule has 2 aromatic rings. The Kier molecular flexibility index (Phi) is 6.44. The Bertz CT molecular complexity index is 661. The molecule has 0 spiro atoms. The highest BCUT2D eigenvalue weighted by atomic mass is 35.5. The largest absolute Gasteiger partial charge is 0.496 e. The fourth-order valence-corrected chi connectivity index (χ4v) is 2.65. The van der Waals surface area contributed by atoms with Crippen LogP contribution in [0.5, 0.6) is 5.75 Å². The Morgan fingerprint density at radius 3 is 2.43 bits per heavy atom. The Labute approximate surface area is 141 Å². The number of carbonyl (C=O) groups is 1. The smallest absolute Gasteiger partial charge is 0.222 e. The van der Waals surface area contributed by atoms with Crippen molar-refractivity contribution in [2.75, 3.05) is 20.7 Å². The molecule has 1 unspecified atom stereocenters. The zero-order valence-electron chi connectivity index (χ0n) is 13.3. The number of rotatable bonds is 7. The third-order valence-electron chi connectivity index (χ3n) is 3.57. The number of para-hydroxylation sites is 1. The van der Waals surface area contributed by atoms with Crippen LogP contribution in [0.4, 0.5) is 0 Å². The molecule has 2 rings (SSSR count). The molecule has 0 aliphatic heterocycles. The Morgan fingerprint density at radius 1 is 1.13 bits per heavy atom. The first kappa shape index (κ1) is 17.3. The standard InChI is InChI=1S/C18H21ClN2O2/c1-20-12-11-17(22)21-18(13-7-3-5-9-15(13)19)14-8-4-6-10-16(14)23-2/h3-10,18,20H,11-12H2,1-2H3,(H,21,22). The van der Waals surface area contributed by atoms with E-state index < -0.39 is 0 Å². The minimum atomic E-state index is -0.357. The monoisotopic (exact) mass is 332 g/mol. The molecular formula is C18H21ClN2O2. The van der Waals surface area contributed by atoms with Crippen molar-refractivity contribution in [3.63, 3.8) is 0 Å². The van der Waals surface area contributed by atoms with Gasteiger partial charge < -0.3 is 15.4 Å². The summed E-state index contributed by atoms with van der Waals surface area (Å²) in [6, 6.07) is 14.8. The van der Waals surface area contributed by atoms with E-state index in [-0.39, 0.29) is 11.9 Å². The van der Waals surface area contributed by atoms with Crippen molar-refractivity contribution in [3.8, 4) is 5.75 Å². The molecule has 1 amide bonds. The topological polar surface area (TPSA) is 50.4 Å². The molecule has 0 aromatic heterocycles. The van der Waals surface area contributed by atoms with Gasteiger partial charge in [-0.3, -0.25) is 4.79 Å². The third kappa shape index (κ3) is 4.47. The molecule has 2 N–H and O–H groups in total. The van der Waals surface area contributed by atoms with Gasteiger partial charge in [0.25, 0.3) is 0 Å². The molecule has 0 radical (unpaired) electrons. The van der Waals surface area contributed by atoms with Crippen molar-refractivity contribution in [2.24, 2.45) is 0 Å². The van der Waals surface area contributed by atoms with E-state index in [1.54, 1.807) is 7.11 Å². The fourth-order valence-electron chi connectivity index (χ4n) is 2.41. The number of nitrogens with one attached hydrogen (secondary N) is 2. The minimum absolute atomic E-state index is 0.0461. The van der Waals surface area contributed by atoms with E-state index in [0.29, 0.717) is 23.7 Å². The molecule has 5 heteroatoms. The lowest BCUT2D eigenvalue weighted by Crippen LogP contribution is -2.31. The van der Waals surface area contributed by atoms with E-state index in [1.807, 2.05) is 55.6 Å². The SMILES string of the molecule is CNCCC(=O)NC(c1ccccc1Cl)c1ccccc1OC. The van der Waals surface area contributed by atoms with Gasteiger partial charge in [0, 0.05) is 23.6 Å². The number of benzene rings is 2. The Morgan fingerprint density at radius 2 is 1.78 bits per heavy atom. The molecule has 0 aliphatic rings. The first-order valence-corrected chi connectivity index (χ1v) is 7.86. The van der Waals surface area contributed by atoms with Gasteiger partial charge in [0.2, 0.25) is 5.91 Å². The number of methoxy groups -OCH3 is 1. The van der Waals surface area contributed by atoms with Gasteiger partial charge in [-0.05, 0) is 24.7 Å². The van der Waals surface area contributed by atoms with Crippen LogP contribution in [0, 0.1) is 0 Å². The van der Waals surface area contributed by atoms with Gasteiger partial charge >= 0.3 is 0 Å². The van der Waals surface area contributed by atoms with Crippen LogP contribution in [-0.2, 0) is 4.79 Å². The average Bonchev–Trinajstić information content (AvgIpc) is 2.58. The first-order valence-electron chi connectivity index (χ1n) is 7.48. The second-order valence-electron chi connectivity index (χ2n) is 5.12. The zero-order chi connectivity index (χ0) is 16.7. The van der Waals surface area contributed by atoms with Gasteiger partial charge in [-0.15, -0.1) is 0 Å². The molecule has 0 aliphatic carbocycles. The van der Waals surface area contributed by atoms with Crippen molar-refractivity contribution >= 4 is 17.5 Å². The highest BCUT2D eigenvalue weighted by molar-refractivity contribution is 6.31. The second-order valence-corrected chi connectivity index (χ2v) is 5.52. The van der Waals surface area contributed by atoms with Crippen LogP contribution in [0.3, 0.4) is 0 Å². The maximum Gasteiger partial charge on any atom is 0.222 e. The van der Waals surface area contributed by atoms with Crippen LogP contribution in [-0.4, -0.2) is 26.6 Å². The van der Waals surface area contributed by atoms with Crippen LogP contribution >= 0.6 is 11.6 Å². The summed E-state index contributed by atoms with van der Waals surface area (Å²) in [4.78, 5) is 12.2. The first-order chi connectivity index (χ1) is 11.2. The molecule has 122 valence electrons. The molecule has 0 saturated heterocycles. The summed E-state index contributed by atoms with van der Waals surface area (Å²) in [6.07, 6.45) is 0.395. The summed E-state index contributed by atoms with van der Waals surface area (Å²) in [7, 11) is 3.43. The van der Waals surface area contributed by atoms with Gasteiger partial charge in [0.05, 0.1) is 13.2 Å². The highest BCUT2D eigenvalue weighted by Gasteiger charge is 2.22. The lowest BCUT2D eigenvalue weighted by atomic mass is 9.97. The molecule has 2 aromatic carbocycles. The Hall–Kier alpha value is -2.04. The van der Waals surface area contributed by atoms with Gasteiger partial charge in [-0.1, -0.05) is 48.0 Å². The summed E-state index contributed by atoms with van der Waals surface area (Å²) < 4.78 is 5.44. The summed E-state index contributed by atoms with van der Waals surface area (Å²) in [5.74, 6) is 0.668. The van der Waals surface area contributed by atoms with Gasteiger partial charge in [-0.25, -0.2) is 0 Å². The average molecular weight is 333 g/mol. The zero-order valence-corrected chi connectivity index (χ0v) is 14.1. The summed E-state index contributed by atoms with van der Waals surface area (Å²) in [5.41, 5.74) is 1.72. The Balaban J connectivity index is 2.39. The molecule has 0 fully saturated rings. The summed E-state index contributed by atoms with van der Waals surface area (Å²) >= 11 is 6.35. The van der Waals surface area contributed by atoms with E-state index in [2.05, 4.69) is 10.6 Å².